The van der Waals surface area contributed by atoms with Crippen molar-refractivity contribution in [1.82, 2.24) is 0 Å². The van der Waals surface area contributed by atoms with Gasteiger partial charge in [-0.2, -0.15) is 0 Å². The van der Waals surface area contributed by atoms with Crippen molar-refractivity contribution in [2.24, 2.45) is 5.73 Å². The number of thiophene rings is 1. The minimum absolute atomic E-state index is 0.229. The van der Waals surface area contributed by atoms with E-state index < -0.39 is 11.9 Å². The highest BCUT2D eigenvalue weighted by atomic mass is 35.5. The fourth-order valence-corrected chi connectivity index (χ4v) is 4.87. The van der Waals surface area contributed by atoms with Crippen molar-refractivity contribution in [1.29, 1.82) is 0 Å². The van der Waals surface area contributed by atoms with E-state index in [2.05, 4.69) is 0 Å². The Morgan fingerprint density at radius 3 is 2.42 bits per heavy atom. The zero-order valence-electron chi connectivity index (χ0n) is 13.1. The lowest BCUT2D eigenvalue weighted by atomic mass is 10.2. The number of anilines is 1. The number of primary amides is 1. The Hall–Kier alpha value is -1.93. The average molecular weight is 427 g/mol. The van der Waals surface area contributed by atoms with Crippen molar-refractivity contribution in [2.45, 2.75) is 4.90 Å². The van der Waals surface area contributed by atoms with Crippen LogP contribution in [-0.2, 0) is 4.79 Å². The molecule has 134 valence electrons. The van der Waals surface area contributed by atoms with E-state index in [-0.39, 0.29) is 6.54 Å². The van der Waals surface area contributed by atoms with Crippen LogP contribution in [-0.4, -0.2) is 23.5 Å². The summed E-state index contributed by atoms with van der Waals surface area (Å²) in [6.07, 6.45) is 0. The molecule has 3 N–H and O–H groups in total. The second kappa shape index (κ2) is 7.75. The molecular formula is C17H12Cl2N2O3S2. The fraction of sp³-hybridized carbons (Fsp3) is 0.0588. The lowest BCUT2D eigenvalue weighted by molar-refractivity contribution is -0.135. The Balaban J connectivity index is 1.97. The van der Waals surface area contributed by atoms with Crippen LogP contribution in [0.5, 0.6) is 0 Å². The van der Waals surface area contributed by atoms with Crippen LogP contribution in [0.25, 0.3) is 10.1 Å². The standard InChI is InChI=1S/C17H12Cl2N2O3S2/c18-10-5-11(19)7-13(6-10)26-21(8-16(22)23)12-1-2-14-9(3-12)4-15(25-14)17(20)24/h1-7H,8H2,(H2,20,24)(H,22,23). The van der Waals surface area contributed by atoms with Crippen LogP contribution >= 0.6 is 46.5 Å². The van der Waals surface area contributed by atoms with Crippen LogP contribution in [0.4, 0.5) is 5.69 Å². The molecular weight excluding hydrogens is 415 g/mol. The summed E-state index contributed by atoms with van der Waals surface area (Å²) in [7, 11) is 0. The molecule has 26 heavy (non-hydrogen) atoms. The number of rotatable bonds is 6. The molecule has 0 saturated heterocycles. The van der Waals surface area contributed by atoms with E-state index in [4.69, 9.17) is 28.9 Å². The molecule has 0 aliphatic heterocycles. The third-order valence-electron chi connectivity index (χ3n) is 3.36. The van der Waals surface area contributed by atoms with Gasteiger partial charge in [-0.05, 0) is 59.8 Å². The predicted octanol–water partition coefficient (Wildman–Crippen LogP) is 4.91. The second-order valence-corrected chi connectivity index (χ2v) is 8.38. The Morgan fingerprint density at radius 2 is 1.81 bits per heavy atom. The number of fused-ring (bicyclic) bond motifs is 1. The van der Waals surface area contributed by atoms with Crippen LogP contribution in [0.15, 0.2) is 47.4 Å². The van der Waals surface area contributed by atoms with Gasteiger partial charge in [0.05, 0.1) is 4.88 Å². The number of carbonyl (C=O) groups is 2. The predicted molar refractivity (Wildman–Crippen MR) is 108 cm³/mol. The first-order chi connectivity index (χ1) is 12.3. The SMILES string of the molecule is NC(=O)c1cc2cc(N(CC(=O)O)Sc3cc(Cl)cc(Cl)c3)ccc2s1. The molecule has 5 nitrogen and oxygen atoms in total. The Kier molecular flexibility index (Phi) is 5.62. The molecule has 2 aromatic carbocycles. The quantitative estimate of drug-likeness (QED) is 0.547. The minimum atomic E-state index is -0.978. The molecule has 9 heteroatoms. The molecule has 1 aromatic heterocycles. The lowest BCUT2D eigenvalue weighted by Crippen LogP contribution is -2.22. The monoisotopic (exact) mass is 426 g/mol. The summed E-state index contributed by atoms with van der Waals surface area (Å²) in [6, 6.07) is 12.2. The van der Waals surface area contributed by atoms with Crippen LogP contribution in [0, 0.1) is 0 Å². The highest BCUT2D eigenvalue weighted by Crippen LogP contribution is 2.35. The fourth-order valence-electron chi connectivity index (χ4n) is 2.31. The number of carbonyl (C=O) groups excluding carboxylic acids is 1. The first kappa shape index (κ1) is 18.8. The summed E-state index contributed by atoms with van der Waals surface area (Å²) in [5, 5.41) is 11.0. The van der Waals surface area contributed by atoms with Crippen molar-refractivity contribution in [2.75, 3.05) is 10.8 Å². The third-order valence-corrected chi connectivity index (χ3v) is 5.94. The molecule has 0 unspecified atom stereocenters. The number of aliphatic carboxylic acids is 1. The minimum Gasteiger partial charge on any atom is -0.480 e. The van der Waals surface area contributed by atoms with Crippen molar-refractivity contribution in [3.63, 3.8) is 0 Å². The number of amides is 1. The van der Waals surface area contributed by atoms with Crippen molar-refractivity contribution in [3.8, 4) is 0 Å². The van der Waals surface area contributed by atoms with Crippen LogP contribution in [0.1, 0.15) is 9.67 Å². The highest BCUT2D eigenvalue weighted by molar-refractivity contribution is 8.00. The van der Waals surface area contributed by atoms with Crippen molar-refractivity contribution < 1.29 is 14.7 Å². The van der Waals surface area contributed by atoms with E-state index in [0.29, 0.717) is 25.5 Å². The van der Waals surface area contributed by atoms with E-state index in [1.165, 1.54) is 23.3 Å². The van der Waals surface area contributed by atoms with Gasteiger partial charge in [-0.25, -0.2) is 0 Å². The molecule has 0 radical (unpaired) electrons. The zero-order chi connectivity index (χ0) is 18.8. The first-order valence-electron chi connectivity index (χ1n) is 7.28. The van der Waals surface area contributed by atoms with Crippen LogP contribution in [0.3, 0.4) is 0 Å². The van der Waals surface area contributed by atoms with E-state index in [1.807, 2.05) is 12.1 Å². The normalized spacial score (nSPS) is 10.8. The Labute approximate surface area is 167 Å². The van der Waals surface area contributed by atoms with E-state index in [0.717, 1.165) is 10.1 Å². The number of hydrogen-bond donors (Lipinski definition) is 2. The van der Waals surface area contributed by atoms with Gasteiger partial charge in [-0.15, -0.1) is 11.3 Å². The number of carboxylic acids is 1. The Bertz CT molecular complexity index is 987. The lowest BCUT2D eigenvalue weighted by Gasteiger charge is -2.21. The van der Waals surface area contributed by atoms with Gasteiger partial charge in [0.25, 0.3) is 5.91 Å². The van der Waals surface area contributed by atoms with Gasteiger partial charge in [-0.3, -0.25) is 9.59 Å². The molecule has 0 bridgehead atoms. The number of benzene rings is 2. The largest absolute Gasteiger partial charge is 0.480 e. The third kappa shape index (κ3) is 4.42. The van der Waals surface area contributed by atoms with Crippen molar-refractivity contribution in [3.05, 3.63) is 57.4 Å². The number of hydrogen-bond acceptors (Lipinski definition) is 5. The van der Waals surface area contributed by atoms with E-state index >= 15 is 0 Å². The summed E-state index contributed by atoms with van der Waals surface area (Å²) in [5.41, 5.74) is 6.00. The topological polar surface area (TPSA) is 83.6 Å². The maximum Gasteiger partial charge on any atom is 0.324 e. The van der Waals surface area contributed by atoms with Gasteiger partial charge in [0.1, 0.15) is 6.54 Å². The highest BCUT2D eigenvalue weighted by Gasteiger charge is 2.15. The average Bonchev–Trinajstić information content (AvgIpc) is 2.96. The number of nitrogens with zero attached hydrogens (tertiary/aromatic N) is 1. The number of nitrogens with two attached hydrogens (primary N) is 1. The van der Waals surface area contributed by atoms with Gasteiger partial charge in [0.2, 0.25) is 0 Å². The van der Waals surface area contributed by atoms with E-state index in [9.17, 15) is 14.7 Å². The summed E-state index contributed by atoms with van der Waals surface area (Å²) in [4.78, 5) is 23.8. The maximum atomic E-state index is 11.4. The van der Waals surface area contributed by atoms with Crippen LogP contribution < -0.4 is 10.0 Å². The summed E-state index contributed by atoms with van der Waals surface area (Å²) in [6.45, 7) is -0.229. The van der Waals surface area contributed by atoms with Crippen LogP contribution in [0.2, 0.25) is 10.0 Å². The number of halogens is 2. The molecule has 1 amide bonds. The van der Waals surface area contributed by atoms with Gasteiger partial charge in [-0.1, -0.05) is 23.2 Å². The molecule has 0 aliphatic carbocycles. The molecule has 0 atom stereocenters. The molecule has 3 rings (SSSR count). The number of carboxylic acid groups (broad SMARTS) is 1. The van der Waals surface area contributed by atoms with Gasteiger partial charge < -0.3 is 15.1 Å². The Morgan fingerprint density at radius 1 is 1.12 bits per heavy atom. The maximum absolute atomic E-state index is 11.4. The molecule has 0 fully saturated rings. The molecule has 0 spiro atoms. The second-order valence-electron chi connectivity index (χ2n) is 5.32. The zero-order valence-corrected chi connectivity index (χ0v) is 16.3. The first-order valence-corrected chi connectivity index (χ1v) is 9.63. The summed E-state index contributed by atoms with van der Waals surface area (Å²) >= 11 is 14.6. The molecule has 3 aromatic rings. The van der Waals surface area contributed by atoms with Gasteiger partial charge in [0, 0.05) is 25.3 Å². The smallest absolute Gasteiger partial charge is 0.324 e. The van der Waals surface area contributed by atoms with Gasteiger partial charge >= 0.3 is 5.97 Å². The summed E-state index contributed by atoms with van der Waals surface area (Å²) < 4.78 is 2.51. The van der Waals surface area contributed by atoms with Gasteiger partial charge in [0.15, 0.2) is 0 Å². The molecule has 0 saturated carbocycles. The van der Waals surface area contributed by atoms with Crippen molar-refractivity contribution >= 4 is 74.1 Å². The molecule has 1 heterocycles. The van der Waals surface area contributed by atoms with E-state index in [1.54, 1.807) is 34.6 Å². The summed E-state index contributed by atoms with van der Waals surface area (Å²) in [5.74, 6) is -1.47. The molecule has 0 aliphatic rings.